The summed E-state index contributed by atoms with van der Waals surface area (Å²) in [4.78, 5) is 0. The molecule has 1 aromatic carbocycles. The second-order valence-electron chi connectivity index (χ2n) is 5.62. The molecule has 0 radical (unpaired) electrons. The van der Waals surface area contributed by atoms with Crippen LogP contribution in [0.15, 0.2) is 12.1 Å². The van der Waals surface area contributed by atoms with Crippen molar-refractivity contribution in [2.75, 3.05) is 27.8 Å². The fraction of sp³-hybridized carbons (Fsp3) is 0.625. The van der Waals surface area contributed by atoms with Gasteiger partial charge in [-0.05, 0) is 43.1 Å². The molecule has 0 amide bonds. The molecule has 0 saturated carbocycles. The molecular weight excluding hydrogens is 238 g/mol. The molecule has 1 N–H and O–H groups in total. The Labute approximate surface area is 117 Å². The molecule has 1 unspecified atom stereocenters. The van der Waals surface area contributed by atoms with Gasteiger partial charge in [0.2, 0.25) is 0 Å². The van der Waals surface area contributed by atoms with Crippen molar-refractivity contribution < 1.29 is 9.47 Å². The minimum atomic E-state index is 0.0678. The Hall–Kier alpha value is -1.22. The van der Waals surface area contributed by atoms with E-state index in [4.69, 9.17) is 9.47 Å². The summed E-state index contributed by atoms with van der Waals surface area (Å²) in [5.41, 5.74) is 2.62. The van der Waals surface area contributed by atoms with Crippen molar-refractivity contribution in [1.29, 1.82) is 0 Å². The van der Waals surface area contributed by atoms with Crippen molar-refractivity contribution in [3.8, 4) is 11.5 Å². The molecule has 0 aliphatic rings. The maximum Gasteiger partial charge on any atom is 0.161 e. The largest absolute Gasteiger partial charge is 0.493 e. The molecule has 1 atom stereocenters. The average molecular weight is 265 g/mol. The number of rotatable bonds is 6. The monoisotopic (exact) mass is 265 g/mol. The van der Waals surface area contributed by atoms with Gasteiger partial charge in [0.05, 0.1) is 14.2 Å². The molecular formula is C16H27NO2. The molecule has 0 aliphatic carbocycles. The topological polar surface area (TPSA) is 30.5 Å². The first-order chi connectivity index (χ1) is 8.90. The van der Waals surface area contributed by atoms with E-state index in [0.29, 0.717) is 5.92 Å². The smallest absolute Gasteiger partial charge is 0.161 e. The normalized spacial score (nSPS) is 14.3. The van der Waals surface area contributed by atoms with Crippen LogP contribution in [0.5, 0.6) is 11.5 Å². The standard InChI is InChI=1S/C16H27NO2/c1-11(2)16(4,10-17-5)13-9-15(19-7)14(18-6)8-12(13)3/h8-9,11,17H,10H2,1-7H3. The SMILES string of the molecule is CNCC(C)(c1cc(OC)c(OC)cc1C)C(C)C. The lowest BCUT2D eigenvalue weighted by Gasteiger charge is -2.36. The summed E-state index contributed by atoms with van der Waals surface area (Å²) in [7, 11) is 5.35. The molecule has 3 heteroatoms. The Kier molecular flexibility index (Phi) is 5.24. The van der Waals surface area contributed by atoms with E-state index in [2.05, 4.69) is 45.1 Å². The Bertz CT molecular complexity index is 429. The second-order valence-corrected chi connectivity index (χ2v) is 5.62. The summed E-state index contributed by atoms with van der Waals surface area (Å²) in [5, 5.41) is 3.31. The van der Waals surface area contributed by atoms with E-state index in [1.807, 2.05) is 7.05 Å². The van der Waals surface area contributed by atoms with E-state index in [9.17, 15) is 0 Å². The number of benzene rings is 1. The molecule has 1 rings (SSSR count). The lowest BCUT2D eigenvalue weighted by atomic mass is 9.71. The van der Waals surface area contributed by atoms with Gasteiger partial charge in [-0.2, -0.15) is 0 Å². The van der Waals surface area contributed by atoms with Crippen LogP contribution < -0.4 is 14.8 Å². The maximum absolute atomic E-state index is 5.44. The number of likely N-dealkylation sites (N-methyl/N-ethyl adjacent to an activating group) is 1. The van der Waals surface area contributed by atoms with Crippen LogP contribution in [-0.4, -0.2) is 27.8 Å². The van der Waals surface area contributed by atoms with Crippen molar-refractivity contribution >= 4 is 0 Å². The first-order valence-electron chi connectivity index (χ1n) is 6.78. The van der Waals surface area contributed by atoms with Crippen molar-refractivity contribution in [2.45, 2.75) is 33.1 Å². The van der Waals surface area contributed by atoms with Gasteiger partial charge in [-0.25, -0.2) is 0 Å². The molecule has 0 aliphatic heterocycles. The lowest BCUT2D eigenvalue weighted by Crippen LogP contribution is -2.39. The zero-order valence-electron chi connectivity index (χ0n) is 13.3. The Morgan fingerprint density at radius 1 is 1.16 bits per heavy atom. The van der Waals surface area contributed by atoms with Crippen LogP contribution in [0.1, 0.15) is 31.9 Å². The third-order valence-corrected chi connectivity index (χ3v) is 4.16. The van der Waals surface area contributed by atoms with E-state index in [1.54, 1.807) is 14.2 Å². The van der Waals surface area contributed by atoms with Crippen LogP contribution >= 0.6 is 0 Å². The lowest BCUT2D eigenvalue weighted by molar-refractivity contribution is 0.319. The molecule has 0 aromatic heterocycles. The van der Waals surface area contributed by atoms with Gasteiger partial charge in [-0.1, -0.05) is 20.8 Å². The maximum atomic E-state index is 5.44. The van der Waals surface area contributed by atoms with Gasteiger partial charge in [0.25, 0.3) is 0 Å². The van der Waals surface area contributed by atoms with Gasteiger partial charge in [-0.15, -0.1) is 0 Å². The second kappa shape index (κ2) is 6.29. The van der Waals surface area contributed by atoms with Crippen molar-refractivity contribution in [2.24, 2.45) is 5.92 Å². The quantitative estimate of drug-likeness (QED) is 0.857. The summed E-state index contributed by atoms with van der Waals surface area (Å²) < 4.78 is 10.8. The van der Waals surface area contributed by atoms with Gasteiger partial charge in [0.15, 0.2) is 11.5 Å². The molecule has 19 heavy (non-hydrogen) atoms. The number of aryl methyl sites for hydroxylation is 1. The van der Waals surface area contributed by atoms with E-state index >= 15 is 0 Å². The highest BCUT2D eigenvalue weighted by Gasteiger charge is 2.32. The number of hydrogen-bond donors (Lipinski definition) is 1. The van der Waals surface area contributed by atoms with Crippen LogP contribution in [0.2, 0.25) is 0 Å². The van der Waals surface area contributed by atoms with Crippen LogP contribution in [0, 0.1) is 12.8 Å². The summed E-state index contributed by atoms with van der Waals surface area (Å²) >= 11 is 0. The number of hydrogen-bond acceptors (Lipinski definition) is 3. The average Bonchev–Trinajstić information content (AvgIpc) is 2.38. The molecule has 3 nitrogen and oxygen atoms in total. The minimum absolute atomic E-state index is 0.0678. The first-order valence-corrected chi connectivity index (χ1v) is 6.78. The molecule has 0 heterocycles. The molecule has 1 aromatic rings. The third kappa shape index (κ3) is 3.03. The van der Waals surface area contributed by atoms with Gasteiger partial charge in [0, 0.05) is 12.0 Å². The van der Waals surface area contributed by atoms with E-state index in [-0.39, 0.29) is 5.41 Å². The molecule has 0 bridgehead atoms. The van der Waals surface area contributed by atoms with Crippen LogP contribution in [0.3, 0.4) is 0 Å². The summed E-state index contributed by atoms with van der Waals surface area (Å²) in [5.74, 6) is 2.11. The molecule has 108 valence electrons. The Balaban J connectivity index is 3.39. The van der Waals surface area contributed by atoms with E-state index < -0.39 is 0 Å². The van der Waals surface area contributed by atoms with Gasteiger partial charge in [-0.3, -0.25) is 0 Å². The highest BCUT2D eigenvalue weighted by atomic mass is 16.5. The van der Waals surface area contributed by atoms with E-state index in [0.717, 1.165) is 18.0 Å². The molecule has 0 saturated heterocycles. The van der Waals surface area contributed by atoms with Gasteiger partial charge >= 0.3 is 0 Å². The van der Waals surface area contributed by atoms with E-state index in [1.165, 1.54) is 11.1 Å². The third-order valence-electron chi connectivity index (χ3n) is 4.16. The predicted molar refractivity (Wildman–Crippen MR) is 80.4 cm³/mol. The summed E-state index contributed by atoms with van der Waals surface area (Å²) in [6, 6.07) is 4.18. The minimum Gasteiger partial charge on any atom is -0.493 e. The number of nitrogens with one attached hydrogen (secondary N) is 1. The van der Waals surface area contributed by atoms with Crippen molar-refractivity contribution in [3.63, 3.8) is 0 Å². The summed E-state index contributed by atoms with van der Waals surface area (Å²) in [6.45, 7) is 9.87. The predicted octanol–water partition coefficient (Wildman–Crippen LogP) is 3.15. The van der Waals surface area contributed by atoms with Crippen molar-refractivity contribution in [1.82, 2.24) is 5.32 Å². The first kappa shape index (κ1) is 15.8. The molecule has 0 spiro atoms. The fourth-order valence-corrected chi connectivity index (χ4v) is 2.57. The van der Waals surface area contributed by atoms with Crippen LogP contribution in [0.25, 0.3) is 0 Å². The highest BCUT2D eigenvalue weighted by Crippen LogP contribution is 2.39. The van der Waals surface area contributed by atoms with Gasteiger partial charge in [0.1, 0.15) is 0 Å². The van der Waals surface area contributed by atoms with Crippen LogP contribution in [-0.2, 0) is 5.41 Å². The van der Waals surface area contributed by atoms with Gasteiger partial charge < -0.3 is 14.8 Å². The Morgan fingerprint density at radius 3 is 2.11 bits per heavy atom. The zero-order chi connectivity index (χ0) is 14.6. The van der Waals surface area contributed by atoms with Crippen LogP contribution in [0.4, 0.5) is 0 Å². The van der Waals surface area contributed by atoms with Crippen molar-refractivity contribution in [3.05, 3.63) is 23.3 Å². The number of ether oxygens (including phenoxy) is 2. The zero-order valence-corrected chi connectivity index (χ0v) is 13.3. The fourth-order valence-electron chi connectivity index (χ4n) is 2.57. The number of methoxy groups -OCH3 is 2. The summed E-state index contributed by atoms with van der Waals surface area (Å²) in [6.07, 6.45) is 0. The molecule has 0 fully saturated rings. The highest BCUT2D eigenvalue weighted by molar-refractivity contribution is 5.49. The Morgan fingerprint density at radius 2 is 1.68 bits per heavy atom.